The van der Waals surface area contributed by atoms with Crippen molar-refractivity contribution in [2.45, 2.75) is 54.4 Å². The van der Waals surface area contributed by atoms with E-state index in [1.54, 1.807) is 4.68 Å². The van der Waals surface area contributed by atoms with Gasteiger partial charge in [0.2, 0.25) is 0 Å². The van der Waals surface area contributed by atoms with Crippen molar-refractivity contribution in [2.24, 2.45) is 11.8 Å². The quantitative estimate of drug-likeness (QED) is 0.312. The van der Waals surface area contributed by atoms with E-state index in [0.717, 1.165) is 22.4 Å². The van der Waals surface area contributed by atoms with Crippen LogP contribution >= 0.6 is 0 Å². The van der Waals surface area contributed by atoms with Crippen LogP contribution in [0.2, 0.25) is 0 Å². The molecule has 0 unspecified atom stereocenters. The number of rotatable bonds is 9. The first kappa shape index (κ1) is 28.9. The van der Waals surface area contributed by atoms with Crippen LogP contribution in [-0.4, -0.2) is 34.9 Å². The molecule has 1 aromatic heterocycles. The van der Waals surface area contributed by atoms with Crippen molar-refractivity contribution in [3.05, 3.63) is 94.5 Å². The van der Waals surface area contributed by atoms with E-state index in [4.69, 9.17) is 14.6 Å². The zero-order chi connectivity index (χ0) is 29.0. The number of aromatic nitrogens is 2. The highest BCUT2D eigenvalue weighted by Crippen LogP contribution is 2.43. The molecular formula is C33H39N3O4. The lowest BCUT2D eigenvalue weighted by molar-refractivity contribution is -0.141. The largest absolute Gasteiger partial charge is 0.462 e. The van der Waals surface area contributed by atoms with Gasteiger partial charge in [-0.3, -0.25) is 0 Å². The fraction of sp³-hybridized carbons (Fsp3) is 0.364. The summed E-state index contributed by atoms with van der Waals surface area (Å²) in [6, 6.07) is 17.9. The Balaban J connectivity index is 1.95. The first-order valence-corrected chi connectivity index (χ1v) is 13.8. The minimum Gasteiger partial charge on any atom is -0.462 e. The molecule has 7 nitrogen and oxygen atoms in total. The number of hydrogen-bond acceptors (Lipinski definition) is 6. The van der Waals surface area contributed by atoms with Gasteiger partial charge in [-0.25, -0.2) is 14.3 Å². The summed E-state index contributed by atoms with van der Waals surface area (Å²) in [6.45, 7) is 14.2. The fourth-order valence-electron chi connectivity index (χ4n) is 4.73. The first-order chi connectivity index (χ1) is 19.1. The molecule has 3 aromatic rings. The van der Waals surface area contributed by atoms with Gasteiger partial charge in [-0.05, 0) is 44.7 Å². The van der Waals surface area contributed by atoms with Gasteiger partial charge in [0, 0.05) is 28.7 Å². The van der Waals surface area contributed by atoms with E-state index < -0.39 is 17.9 Å². The van der Waals surface area contributed by atoms with Crippen LogP contribution in [0.3, 0.4) is 0 Å². The Bertz CT molecular complexity index is 1380. The number of nitrogens with one attached hydrogen (secondary N) is 1. The summed E-state index contributed by atoms with van der Waals surface area (Å²) >= 11 is 0. The number of hydrogen-bond donors (Lipinski definition) is 1. The number of nitrogens with zero attached hydrogens (tertiary/aromatic N) is 2. The van der Waals surface area contributed by atoms with Gasteiger partial charge in [0.1, 0.15) is 0 Å². The lowest BCUT2D eigenvalue weighted by Crippen LogP contribution is -2.33. The van der Waals surface area contributed by atoms with E-state index in [1.165, 1.54) is 0 Å². The van der Waals surface area contributed by atoms with Crippen LogP contribution in [0.5, 0.6) is 0 Å². The molecule has 4 rings (SSSR count). The molecule has 0 fully saturated rings. The molecule has 0 aliphatic carbocycles. The van der Waals surface area contributed by atoms with Gasteiger partial charge in [-0.2, -0.15) is 5.10 Å². The van der Waals surface area contributed by atoms with Crippen molar-refractivity contribution in [3.8, 4) is 16.9 Å². The molecule has 210 valence electrons. The zero-order valence-electron chi connectivity index (χ0n) is 24.4. The summed E-state index contributed by atoms with van der Waals surface area (Å²) in [4.78, 5) is 27.4. The molecule has 7 heteroatoms. The average molecular weight is 542 g/mol. The van der Waals surface area contributed by atoms with Crippen molar-refractivity contribution in [1.82, 2.24) is 15.1 Å². The molecule has 0 saturated heterocycles. The van der Waals surface area contributed by atoms with Gasteiger partial charge in [0.25, 0.3) is 0 Å². The van der Waals surface area contributed by atoms with Crippen LogP contribution in [-0.2, 0) is 19.1 Å². The fourth-order valence-corrected chi connectivity index (χ4v) is 4.73. The van der Waals surface area contributed by atoms with Gasteiger partial charge in [-0.1, -0.05) is 75.7 Å². The number of carbonyl (C=O) groups excluding carboxylic acids is 2. The summed E-state index contributed by atoms with van der Waals surface area (Å²) in [5, 5.41) is 8.24. The third-order valence-electron chi connectivity index (χ3n) is 6.69. The number of esters is 2. The SMILES string of the molecule is CC1=C(C(=O)OCC(C)C)C(c2cn(-c3ccccc3)nc2-c2ccc(C)cc2)C(C(=O)OCC(C)C)=C(C)N1. The molecule has 40 heavy (non-hydrogen) atoms. The van der Waals surface area contributed by atoms with Gasteiger partial charge in [0.05, 0.1) is 41.7 Å². The lowest BCUT2D eigenvalue weighted by Gasteiger charge is -2.30. The highest BCUT2D eigenvalue weighted by Gasteiger charge is 2.40. The van der Waals surface area contributed by atoms with Crippen LogP contribution < -0.4 is 5.32 Å². The number of benzene rings is 2. The van der Waals surface area contributed by atoms with Crippen LogP contribution in [0, 0.1) is 18.8 Å². The Morgan fingerprint density at radius 2 is 1.35 bits per heavy atom. The zero-order valence-corrected chi connectivity index (χ0v) is 24.4. The molecule has 2 aromatic carbocycles. The predicted molar refractivity (Wildman–Crippen MR) is 157 cm³/mol. The topological polar surface area (TPSA) is 82.5 Å². The van der Waals surface area contributed by atoms with E-state index >= 15 is 0 Å². The van der Waals surface area contributed by atoms with Crippen molar-refractivity contribution >= 4 is 11.9 Å². The Labute approximate surface area is 236 Å². The van der Waals surface area contributed by atoms with Gasteiger partial charge in [-0.15, -0.1) is 0 Å². The number of ether oxygens (including phenoxy) is 2. The highest BCUT2D eigenvalue weighted by atomic mass is 16.5. The lowest BCUT2D eigenvalue weighted by atomic mass is 9.79. The minimum atomic E-state index is -0.741. The molecule has 0 atom stereocenters. The van der Waals surface area contributed by atoms with E-state index in [9.17, 15) is 9.59 Å². The molecule has 1 aliphatic rings. The third kappa shape index (κ3) is 6.36. The molecule has 0 radical (unpaired) electrons. The standard InChI is InChI=1S/C33H39N3O4/c1-20(2)18-39-32(37)28-23(6)34-24(7)29(33(38)40-19-21(3)4)30(28)27-17-36(26-11-9-8-10-12-26)35-31(27)25-15-13-22(5)14-16-25/h8-17,20-21,30,34H,18-19H2,1-7H3. The summed E-state index contributed by atoms with van der Waals surface area (Å²) in [5.74, 6) is -1.34. The van der Waals surface area contributed by atoms with E-state index in [2.05, 4.69) is 5.32 Å². The maximum absolute atomic E-state index is 13.7. The molecule has 0 spiro atoms. The third-order valence-corrected chi connectivity index (χ3v) is 6.69. The second-order valence-electron chi connectivity index (χ2n) is 11.2. The number of aryl methyl sites for hydroxylation is 1. The predicted octanol–water partition coefficient (Wildman–Crippen LogP) is 6.48. The van der Waals surface area contributed by atoms with Gasteiger partial charge < -0.3 is 14.8 Å². The molecule has 0 saturated carbocycles. The molecular weight excluding hydrogens is 502 g/mol. The maximum Gasteiger partial charge on any atom is 0.336 e. The van der Waals surface area contributed by atoms with Crippen molar-refractivity contribution in [1.29, 1.82) is 0 Å². The van der Waals surface area contributed by atoms with E-state index in [1.807, 2.05) is 109 Å². The number of carbonyl (C=O) groups is 2. The second kappa shape index (κ2) is 12.4. The average Bonchev–Trinajstić information content (AvgIpc) is 3.36. The molecule has 1 N–H and O–H groups in total. The van der Waals surface area contributed by atoms with Crippen molar-refractivity contribution < 1.29 is 19.1 Å². The summed E-state index contributed by atoms with van der Waals surface area (Å²) < 4.78 is 13.3. The van der Waals surface area contributed by atoms with E-state index in [-0.39, 0.29) is 25.0 Å². The number of para-hydroxylation sites is 1. The Morgan fingerprint density at radius 3 is 1.85 bits per heavy atom. The smallest absolute Gasteiger partial charge is 0.336 e. The minimum absolute atomic E-state index is 0.163. The molecule has 0 bridgehead atoms. The Kier molecular flexibility index (Phi) is 8.93. The number of allylic oxidation sites excluding steroid dienone is 2. The van der Waals surface area contributed by atoms with Crippen molar-refractivity contribution in [3.63, 3.8) is 0 Å². The van der Waals surface area contributed by atoms with Crippen LogP contribution in [0.15, 0.2) is 83.3 Å². The van der Waals surface area contributed by atoms with Crippen LogP contribution in [0.1, 0.15) is 58.6 Å². The van der Waals surface area contributed by atoms with Gasteiger partial charge >= 0.3 is 11.9 Å². The summed E-state index contributed by atoms with van der Waals surface area (Å²) in [6.07, 6.45) is 1.91. The molecule has 1 aliphatic heterocycles. The monoisotopic (exact) mass is 541 g/mol. The summed E-state index contributed by atoms with van der Waals surface area (Å²) in [7, 11) is 0. The van der Waals surface area contributed by atoms with Gasteiger partial charge in [0.15, 0.2) is 0 Å². The summed E-state index contributed by atoms with van der Waals surface area (Å²) in [5.41, 5.74) is 6.31. The van der Waals surface area contributed by atoms with Crippen LogP contribution in [0.4, 0.5) is 0 Å². The maximum atomic E-state index is 13.7. The molecule has 2 heterocycles. The first-order valence-electron chi connectivity index (χ1n) is 13.8. The Morgan fingerprint density at radius 1 is 0.825 bits per heavy atom. The van der Waals surface area contributed by atoms with Crippen LogP contribution in [0.25, 0.3) is 16.9 Å². The highest BCUT2D eigenvalue weighted by molar-refractivity contribution is 6.00. The number of dihydropyridines is 1. The van der Waals surface area contributed by atoms with E-state index in [0.29, 0.717) is 28.2 Å². The van der Waals surface area contributed by atoms with Crippen molar-refractivity contribution in [2.75, 3.05) is 13.2 Å². The molecule has 0 amide bonds. The second-order valence-corrected chi connectivity index (χ2v) is 11.2. The normalized spacial score (nSPS) is 14.1. The Hall–Kier alpha value is -4.13.